The van der Waals surface area contributed by atoms with Crippen molar-refractivity contribution in [3.05, 3.63) is 0 Å². The van der Waals surface area contributed by atoms with Gasteiger partial charge in [0.2, 0.25) is 0 Å². The van der Waals surface area contributed by atoms with Gasteiger partial charge < -0.3 is 10.2 Å². The molecule has 72 valence electrons. The summed E-state index contributed by atoms with van der Waals surface area (Å²) in [6, 6.07) is 0. The number of alkyl halides is 3. The molecular formula is C6H9F3O3. The third kappa shape index (κ3) is 5.96. The Morgan fingerprint density at radius 2 is 1.83 bits per heavy atom. The van der Waals surface area contributed by atoms with Crippen molar-refractivity contribution in [3.8, 4) is 0 Å². The Morgan fingerprint density at radius 3 is 2.08 bits per heavy atom. The maximum atomic E-state index is 11.6. The van der Waals surface area contributed by atoms with Crippen LogP contribution in [0.1, 0.15) is 19.8 Å². The van der Waals surface area contributed by atoms with Gasteiger partial charge in [0.1, 0.15) is 0 Å². The molecule has 0 spiro atoms. The van der Waals surface area contributed by atoms with E-state index in [1.54, 1.807) is 0 Å². The number of hydrogen-bond donors (Lipinski definition) is 2. The van der Waals surface area contributed by atoms with E-state index in [9.17, 15) is 18.0 Å². The minimum atomic E-state index is -4.54. The van der Waals surface area contributed by atoms with Crippen LogP contribution in [0.5, 0.6) is 0 Å². The first-order valence-corrected chi connectivity index (χ1v) is 3.13. The van der Waals surface area contributed by atoms with Crippen molar-refractivity contribution in [1.29, 1.82) is 0 Å². The fourth-order valence-electron chi connectivity index (χ4n) is 0.820. The molecule has 1 unspecified atom stereocenters. The molecule has 0 aromatic heterocycles. The van der Waals surface area contributed by atoms with Gasteiger partial charge in [0.15, 0.2) is 0 Å². The Bertz CT molecular complexity index is 173. The normalized spacial score (nSPS) is 17.1. The third-order valence-electron chi connectivity index (χ3n) is 1.11. The van der Waals surface area contributed by atoms with Crippen LogP contribution in [0.4, 0.5) is 13.2 Å². The van der Waals surface area contributed by atoms with Crippen LogP contribution in [0.3, 0.4) is 0 Å². The standard InChI is InChI=1S/C6H9F3O3/c1-5(12,2-4(10)11)3-6(7,8)9/h12H,2-3H2,1H3,(H,10,11). The zero-order valence-corrected chi connectivity index (χ0v) is 6.35. The van der Waals surface area contributed by atoms with Gasteiger partial charge in [-0.3, -0.25) is 4.79 Å². The molecule has 1 atom stereocenters. The molecule has 0 rings (SSSR count). The number of aliphatic hydroxyl groups is 1. The summed E-state index contributed by atoms with van der Waals surface area (Å²) in [7, 11) is 0. The monoisotopic (exact) mass is 186 g/mol. The first-order chi connectivity index (χ1) is 5.12. The van der Waals surface area contributed by atoms with E-state index >= 15 is 0 Å². The summed E-state index contributed by atoms with van der Waals surface area (Å²) in [4.78, 5) is 9.97. The number of carbonyl (C=O) groups is 1. The molecule has 12 heavy (non-hydrogen) atoms. The maximum Gasteiger partial charge on any atom is 0.391 e. The summed E-state index contributed by atoms with van der Waals surface area (Å²) in [6.07, 6.45) is -6.96. The van der Waals surface area contributed by atoms with Crippen LogP contribution in [0, 0.1) is 0 Å². The summed E-state index contributed by atoms with van der Waals surface area (Å²) >= 11 is 0. The van der Waals surface area contributed by atoms with E-state index in [0.717, 1.165) is 6.92 Å². The number of halogens is 3. The summed E-state index contributed by atoms with van der Waals surface area (Å²) < 4.78 is 34.9. The molecule has 3 nitrogen and oxygen atoms in total. The Hall–Kier alpha value is -0.780. The number of hydrogen-bond acceptors (Lipinski definition) is 2. The van der Waals surface area contributed by atoms with E-state index < -0.39 is 30.6 Å². The lowest BCUT2D eigenvalue weighted by molar-refractivity contribution is -0.177. The van der Waals surface area contributed by atoms with Gasteiger partial charge in [0, 0.05) is 0 Å². The van der Waals surface area contributed by atoms with Crippen molar-refractivity contribution in [2.45, 2.75) is 31.5 Å². The van der Waals surface area contributed by atoms with Gasteiger partial charge in [-0.2, -0.15) is 13.2 Å². The van der Waals surface area contributed by atoms with E-state index in [0.29, 0.717) is 0 Å². The lowest BCUT2D eigenvalue weighted by Crippen LogP contribution is -2.33. The Morgan fingerprint density at radius 1 is 1.42 bits per heavy atom. The van der Waals surface area contributed by atoms with Gasteiger partial charge in [-0.05, 0) is 6.92 Å². The molecule has 2 N–H and O–H groups in total. The fourth-order valence-corrected chi connectivity index (χ4v) is 0.820. The molecule has 0 fully saturated rings. The highest BCUT2D eigenvalue weighted by atomic mass is 19.4. The molecule has 6 heteroatoms. The van der Waals surface area contributed by atoms with Crippen LogP contribution in [0.15, 0.2) is 0 Å². The van der Waals surface area contributed by atoms with Crippen molar-refractivity contribution >= 4 is 5.97 Å². The van der Waals surface area contributed by atoms with Crippen molar-refractivity contribution in [3.63, 3.8) is 0 Å². The van der Waals surface area contributed by atoms with E-state index in [2.05, 4.69) is 0 Å². The van der Waals surface area contributed by atoms with Crippen molar-refractivity contribution in [1.82, 2.24) is 0 Å². The van der Waals surface area contributed by atoms with Crippen LogP contribution in [0.2, 0.25) is 0 Å². The highest BCUT2D eigenvalue weighted by Gasteiger charge is 2.39. The number of aliphatic carboxylic acids is 1. The molecule has 0 aromatic carbocycles. The van der Waals surface area contributed by atoms with Crippen LogP contribution in [0.25, 0.3) is 0 Å². The molecule has 0 aliphatic rings. The minimum Gasteiger partial charge on any atom is -0.481 e. The molecule has 0 aromatic rings. The summed E-state index contributed by atoms with van der Waals surface area (Å²) in [5.74, 6) is -1.45. The summed E-state index contributed by atoms with van der Waals surface area (Å²) in [5, 5.41) is 17.0. The van der Waals surface area contributed by atoms with Crippen LogP contribution in [-0.4, -0.2) is 28.0 Å². The first-order valence-electron chi connectivity index (χ1n) is 3.13. The third-order valence-corrected chi connectivity index (χ3v) is 1.11. The summed E-state index contributed by atoms with van der Waals surface area (Å²) in [5.41, 5.74) is -2.22. The second-order valence-corrected chi connectivity index (χ2v) is 2.86. The van der Waals surface area contributed by atoms with Crippen LogP contribution in [-0.2, 0) is 4.79 Å². The zero-order chi connectivity index (χ0) is 9.99. The van der Waals surface area contributed by atoms with Gasteiger partial charge in [0.25, 0.3) is 0 Å². The number of rotatable bonds is 3. The zero-order valence-electron chi connectivity index (χ0n) is 6.35. The van der Waals surface area contributed by atoms with E-state index in [1.165, 1.54) is 0 Å². The minimum absolute atomic E-state index is 0.842. The maximum absolute atomic E-state index is 11.6. The molecule has 0 aliphatic carbocycles. The largest absolute Gasteiger partial charge is 0.481 e. The van der Waals surface area contributed by atoms with Crippen molar-refractivity contribution in [2.75, 3.05) is 0 Å². The summed E-state index contributed by atoms with van der Waals surface area (Å²) in [6.45, 7) is 0.842. The van der Waals surface area contributed by atoms with Gasteiger partial charge >= 0.3 is 12.1 Å². The molecule has 0 bridgehead atoms. The van der Waals surface area contributed by atoms with E-state index in [4.69, 9.17) is 10.2 Å². The molecule has 0 aliphatic heterocycles. The molecule has 0 radical (unpaired) electrons. The quantitative estimate of drug-likeness (QED) is 0.695. The van der Waals surface area contributed by atoms with Gasteiger partial charge in [-0.1, -0.05) is 0 Å². The Kier molecular flexibility index (Phi) is 3.09. The second kappa shape index (κ2) is 3.30. The van der Waals surface area contributed by atoms with Crippen LogP contribution >= 0.6 is 0 Å². The van der Waals surface area contributed by atoms with Crippen molar-refractivity contribution < 1.29 is 28.2 Å². The topological polar surface area (TPSA) is 57.5 Å². The van der Waals surface area contributed by atoms with Gasteiger partial charge in [-0.25, -0.2) is 0 Å². The first kappa shape index (κ1) is 11.2. The highest BCUT2D eigenvalue weighted by molar-refractivity contribution is 5.68. The smallest absolute Gasteiger partial charge is 0.391 e. The molecule has 0 amide bonds. The lowest BCUT2D eigenvalue weighted by Gasteiger charge is -2.22. The second-order valence-electron chi connectivity index (χ2n) is 2.86. The highest BCUT2D eigenvalue weighted by Crippen LogP contribution is 2.29. The predicted molar refractivity (Wildman–Crippen MR) is 33.5 cm³/mol. The lowest BCUT2D eigenvalue weighted by atomic mass is 9.98. The molecular weight excluding hydrogens is 177 g/mol. The van der Waals surface area contributed by atoms with Crippen molar-refractivity contribution in [2.24, 2.45) is 0 Å². The fraction of sp³-hybridized carbons (Fsp3) is 0.833. The number of carboxylic acid groups (broad SMARTS) is 1. The number of carboxylic acids is 1. The van der Waals surface area contributed by atoms with E-state index in [-0.39, 0.29) is 0 Å². The van der Waals surface area contributed by atoms with Gasteiger partial charge in [0.05, 0.1) is 18.4 Å². The molecule has 0 saturated heterocycles. The van der Waals surface area contributed by atoms with E-state index in [1.807, 2.05) is 0 Å². The van der Waals surface area contributed by atoms with Gasteiger partial charge in [-0.15, -0.1) is 0 Å². The van der Waals surface area contributed by atoms with Crippen LogP contribution < -0.4 is 0 Å². The Balaban J connectivity index is 4.13. The Labute approximate surface area is 66.8 Å². The average Bonchev–Trinajstić information content (AvgIpc) is 1.48. The molecule has 0 heterocycles. The average molecular weight is 186 g/mol. The SMILES string of the molecule is CC(O)(CC(=O)O)CC(F)(F)F. The predicted octanol–water partition coefficient (Wildman–Crippen LogP) is 1.16. The molecule has 0 saturated carbocycles.